The predicted molar refractivity (Wildman–Crippen MR) is 48.4 cm³/mol. The molecule has 2 nitrogen and oxygen atoms in total. The highest BCUT2D eigenvalue weighted by atomic mass is 35.5. The molecule has 0 N–H and O–H groups in total. The van der Waals surface area contributed by atoms with Gasteiger partial charge in [-0.15, -0.1) is 0 Å². The van der Waals surface area contributed by atoms with Crippen LogP contribution in [0.25, 0.3) is 0 Å². The van der Waals surface area contributed by atoms with Gasteiger partial charge in [-0.05, 0) is 24.3 Å². The van der Waals surface area contributed by atoms with Crippen molar-refractivity contribution in [1.29, 1.82) is 0 Å². The van der Waals surface area contributed by atoms with Gasteiger partial charge in [0, 0.05) is 0 Å². The Labute approximate surface area is 79.3 Å². The first-order valence-corrected chi connectivity index (χ1v) is 4.01. The van der Waals surface area contributed by atoms with Gasteiger partial charge in [0.2, 0.25) is 0 Å². The second-order valence-corrected chi connectivity index (χ2v) is 2.83. The van der Waals surface area contributed by atoms with Gasteiger partial charge in [0.05, 0.1) is 6.20 Å². The highest BCUT2D eigenvalue weighted by Crippen LogP contribution is 2.20. The molecule has 0 aliphatic carbocycles. The molecule has 0 saturated heterocycles. The van der Waals surface area contributed by atoms with Gasteiger partial charge in [-0.1, -0.05) is 11.6 Å². The summed E-state index contributed by atoms with van der Waals surface area (Å²) in [5.74, 6) is 0.753. The number of benzene rings is 1. The summed E-state index contributed by atoms with van der Waals surface area (Å²) in [6.45, 7) is 0. The lowest BCUT2D eigenvalue weighted by atomic mass is 10.3. The summed E-state index contributed by atoms with van der Waals surface area (Å²) >= 11 is 5.58. The fourth-order valence-corrected chi connectivity index (χ4v) is 1.00. The Hall–Kier alpha value is -1.35. The fraction of sp³-hybridized carbons (Fsp3) is 0. The van der Waals surface area contributed by atoms with Crippen molar-refractivity contribution >= 4 is 16.8 Å². The zero-order valence-electron chi connectivity index (χ0n) is 6.50. The van der Waals surface area contributed by atoms with Crippen LogP contribution in [-0.2, 0) is 0 Å². The number of halogens is 2. The van der Waals surface area contributed by atoms with Gasteiger partial charge in [-0.25, -0.2) is 9.38 Å². The molecule has 0 unspecified atom stereocenters. The van der Waals surface area contributed by atoms with E-state index in [1.165, 1.54) is 30.5 Å². The van der Waals surface area contributed by atoms with Gasteiger partial charge in [0.25, 0.3) is 0 Å². The lowest BCUT2D eigenvalue weighted by molar-refractivity contribution is 0.447. The topological polar surface area (TPSA) is 21.6 Å². The standard InChI is InChI=1S/C9H5ClFNO/c10-9-8(5-12-9)13-7-3-1-6(11)2-4-7/h1-5H. The molecule has 0 saturated carbocycles. The van der Waals surface area contributed by atoms with E-state index in [4.69, 9.17) is 16.3 Å². The van der Waals surface area contributed by atoms with E-state index in [-0.39, 0.29) is 5.82 Å². The molecule has 66 valence electrons. The van der Waals surface area contributed by atoms with Crippen LogP contribution in [0.4, 0.5) is 4.39 Å². The first kappa shape index (κ1) is 8.26. The molecule has 0 atom stereocenters. The van der Waals surface area contributed by atoms with Gasteiger partial charge < -0.3 is 4.74 Å². The number of allylic oxidation sites excluding steroid dienone is 1. The minimum Gasteiger partial charge on any atom is -0.452 e. The second kappa shape index (κ2) is 3.18. The van der Waals surface area contributed by atoms with E-state index in [1.54, 1.807) is 0 Å². The van der Waals surface area contributed by atoms with Crippen LogP contribution in [0.1, 0.15) is 0 Å². The molecule has 0 bridgehead atoms. The highest BCUT2D eigenvalue weighted by molar-refractivity contribution is 6.70. The number of hydrogen-bond acceptors (Lipinski definition) is 2. The zero-order valence-corrected chi connectivity index (χ0v) is 7.25. The molecular formula is C9H5ClFNO. The maximum atomic E-state index is 12.5. The van der Waals surface area contributed by atoms with Crippen molar-refractivity contribution < 1.29 is 9.13 Å². The molecule has 1 aliphatic rings. The molecule has 0 aromatic heterocycles. The summed E-state index contributed by atoms with van der Waals surface area (Å²) in [5, 5.41) is 0.337. The first-order chi connectivity index (χ1) is 6.25. The lowest BCUT2D eigenvalue weighted by Gasteiger charge is -2.11. The van der Waals surface area contributed by atoms with Crippen molar-refractivity contribution in [2.24, 2.45) is 4.99 Å². The minimum atomic E-state index is -0.297. The average Bonchev–Trinajstić information content (AvgIpc) is 2.15. The average molecular weight is 198 g/mol. The number of rotatable bonds is 2. The normalized spacial score (nSPS) is 14.3. The van der Waals surface area contributed by atoms with Crippen molar-refractivity contribution in [3.63, 3.8) is 0 Å². The van der Waals surface area contributed by atoms with Gasteiger partial charge in [-0.3, -0.25) is 0 Å². The molecule has 0 radical (unpaired) electrons. The second-order valence-electron chi connectivity index (χ2n) is 2.47. The van der Waals surface area contributed by atoms with Crippen LogP contribution in [0.15, 0.2) is 41.2 Å². The van der Waals surface area contributed by atoms with Crippen LogP contribution in [0, 0.1) is 5.82 Å². The summed E-state index contributed by atoms with van der Waals surface area (Å²) in [5.41, 5.74) is 0. The van der Waals surface area contributed by atoms with E-state index >= 15 is 0 Å². The summed E-state index contributed by atoms with van der Waals surface area (Å²) in [7, 11) is 0. The molecular weight excluding hydrogens is 193 g/mol. The molecule has 1 aliphatic heterocycles. The number of ether oxygens (including phenoxy) is 1. The SMILES string of the molecule is Fc1ccc(OC2=CN=C2Cl)cc1. The third-order valence-corrected chi connectivity index (χ3v) is 1.82. The van der Waals surface area contributed by atoms with Crippen LogP contribution >= 0.6 is 11.6 Å². The number of aliphatic imine (C=N–C) groups is 1. The Morgan fingerprint density at radius 3 is 2.38 bits per heavy atom. The largest absolute Gasteiger partial charge is 0.452 e. The highest BCUT2D eigenvalue weighted by Gasteiger charge is 2.13. The van der Waals surface area contributed by atoms with Crippen molar-refractivity contribution in [1.82, 2.24) is 0 Å². The van der Waals surface area contributed by atoms with Crippen LogP contribution in [-0.4, -0.2) is 5.17 Å². The molecule has 1 aromatic rings. The maximum Gasteiger partial charge on any atom is 0.182 e. The summed E-state index contributed by atoms with van der Waals surface area (Å²) in [6, 6.07) is 5.69. The molecule has 1 aromatic carbocycles. The van der Waals surface area contributed by atoms with Gasteiger partial charge in [-0.2, -0.15) is 0 Å². The Balaban J connectivity index is 2.07. The van der Waals surface area contributed by atoms with Crippen molar-refractivity contribution in [3.8, 4) is 5.75 Å². The van der Waals surface area contributed by atoms with E-state index in [2.05, 4.69) is 4.99 Å². The third kappa shape index (κ3) is 1.70. The van der Waals surface area contributed by atoms with Gasteiger partial charge >= 0.3 is 0 Å². The van der Waals surface area contributed by atoms with Crippen molar-refractivity contribution in [2.45, 2.75) is 0 Å². The van der Waals surface area contributed by atoms with Crippen LogP contribution < -0.4 is 4.74 Å². The Morgan fingerprint density at radius 1 is 1.23 bits per heavy atom. The lowest BCUT2D eigenvalue weighted by Crippen LogP contribution is -2.08. The molecule has 0 amide bonds. The maximum absolute atomic E-state index is 12.5. The molecule has 4 heteroatoms. The Morgan fingerprint density at radius 2 is 1.92 bits per heavy atom. The summed E-state index contributed by atoms with van der Waals surface area (Å²) in [4.78, 5) is 3.69. The molecule has 1 heterocycles. The van der Waals surface area contributed by atoms with E-state index in [9.17, 15) is 4.39 Å². The fourth-order valence-electron chi connectivity index (χ4n) is 0.864. The molecule has 2 rings (SSSR count). The zero-order chi connectivity index (χ0) is 9.26. The van der Waals surface area contributed by atoms with E-state index in [1.807, 2.05) is 0 Å². The Kier molecular flexibility index (Phi) is 2.02. The van der Waals surface area contributed by atoms with E-state index in [0.717, 1.165) is 0 Å². The quantitative estimate of drug-likeness (QED) is 0.715. The van der Waals surface area contributed by atoms with E-state index < -0.39 is 0 Å². The van der Waals surface area contributed by atoms with Gasteiger partial charge in [0.1, 0.15) is 11.6 Å². The number of hydrogen-bond donors (Lipinski definition) is 0. The van der Waals surface area contributed by atoms with Crippen LogP contribution in [0.3, 0.4) is 0 Å². The smallest absolute Gasteiger partial charge is 0.182 e. The molecule has 0 fully saturated rings. The molecule has 0 spiro atoms. The predicted octanol–water partition coefficient (Wildman–Crippen LogP) is 2.70. The monoisotopic (exact) mass is 197 g/mol. The summed E-state index contributed by atoms with van der Waals surface area (Å²) < 4.78 is 17.7. The number of nitrogens with zero attached hydrogens (tertiary/aromatic N) is 1. The third-order valence-electron chi connectivity index (χ3n) is 1.54. The van der Waals surface area contributed by atoms with E-state index in [0.29, 0.717) is 16.7 Å². The van der Waals surface area contributed by atoms with Crippen LogP contribution in [0.2, 0.25) is 0 Å². The Bertz CT molecular complexity index is 383. The minimum absolute atomic E-state index is 0.297. The first-order valence-electron chi connectivity index (χ1n) is 3.63. The molecule has 13 heavy (non-hydrogen) atoms. The van der Waals surface area contributed by atoms with Gasteiger partial charge in [0.15, 0.2) is 10.9 Å². The van der Waals surface area contributed by atoms with Crippen molar-refractivity contribution in [2.75, 3.05) is 0 Å². The van der Waals surface area contributed by atoms with Crippen LogP contribution in [0.5, 0.6) is 5.75 Å². The summed E-state index contributed by atoms with van der Waals surface area (Å²) in [6.07, 6.45) is 1.51. The van der Waals surface area contributed by atoms with Crippen molar-refractivity contribution in [3.05, 3.63) is 42.0 Å².